The maximum Gasteiger partial charge on any atom is 0.151 e. The molecule has 2 N–H and O–H groups in total. The van der Waals surface area contributed by atoms with Gasteiger partial charge in [-0.2, -0.15) is 0 Å². The van der Waals surface area contributed by atoms with Gasteiger partial charge in [0.1, 0.15) is 5.82 Å². The van der Waals surface area contributed by atoms with Crippen LogP contribution in [0.15, 0.2) is 18.7 Å². The van der Waals surface area contributed by atoms with Crippen LogP contribution in [0.25, 0.3) is 0 Å². The molecule has 0 atom stereocenters. The second-order valence-electron chi connectivity index (χ2n) is 4.53. The average molecular weight is 282 g/mol. The van der Waals surface area contributed by atoms with E-state index in [0.29, 0.717) is 11.7 Å². The normalized spacial score (nSPS) is 11.1. The van der Waals surface area contributed by atoms with Crippen molar-refractivity contribution in [2.45, 2.75) is 39.3 Å². The highest BCUT2D eigenvalue weighted by Gasteiger charge is 2.07. The Hall–Kier alpha value is -1.33. The first-order chi connectivity index (χ1) is 9.29. The van der Waals surface area contributed by atoms with Crippen molar-refractivity contribution in [3.63, 3.8) is 0 Å². The Morgan fingerprint density at radius 3 is 3.11 bits per heavy atom. The maximum atomic E-state index is 6.10. The van der Waals surface area contributed by atoms with Crippen molar-refractivity contribution in [1.29, 1.82) is 0 Å². The lowest BCUT2D eigenvalue weighted by Gasteiger charge is -2.04. The van der Waals surface area contributed by atoms with E-state index in [-0.39, 0.29) is 0 Å². The van der Waals surface area contributed by atoms with Gasteiger partial charge in [-0.1, -0.05) is 24.9 Å². The summed E-state index contributed by atoms with van der Waals surface area (Å²) < 4.78 is 2.04. The van der Waals surface area contributed by atoms with Crippen LogP contribution in [0, 0.1) is 0 Å². The first-order valence-electron chi connectivity index (χ1n) is 6.69. The zero-order valence-electron chi connectivity index (χ0n) is 11.2. The second-order valence-corrected chi connectivity index (χ2v) is 4.89. The van der Waals surface area contributed by atoms with Crippen molar-refractivity contribution in [1.82, 2.24) is 24.8 Å². The number of H-pyrrole nitrogens is 1. The molecule has 0 radical (unpaired) electrons. The van der Waals surface area contributed by atoms with Gasteiger partial charge >= 0.3 is 0 Å². The SMILES string of the molecule is CCCCc1nc(Cl)c(CNCCn2ccnc2)[nH]1. The summed E-state index contributed by atoms with van der Waals surface area (Å²) in [4.78, 5) is 11.6. The van der Waals surface area contributed by atoms with Gasteiger partial charge in [0.25, 0.3) is 0 Å². The van der Waals surface area contributed by atoms with E-state index in [4.69, 9.17) is 11.6 Å². The third-order valence-corrected chi connectivity index (χ3v) is 3.26. The molecule has 0 aliphatic heterocycles. The van der Waals surface area contributed by atoms with E-state index in [0.717, 1.165) is 43.9 Å². The average Bonchev–Trinajstić information content (AvgIpc) is 3.02. The van der Waals surface area contributed by atoms with Gasteiger partial charge < -0.3 is 14.9 Å². The number of nitrogens with one attached hydrogen (secondary N) is 2. The highest BCUT2D eigenvalue weighted by atomic mass is 35.5. The lowest BCUT2D eigenvalue weighted by molar-refractivity contribution is 0.592. The highest BCUT2D eigenvalue weighted by Crippen LogP contribution is 2.13. The molecule has 0 aliphatic carbocycles. The number of aromatic nitrogens is 4. The minimum absolute atomic E-state index is 0.584. The summed E-state index contributed by atoms with van der Waals surface area (Å²) in [6, 6.07) is 0. The summed E-state index contributed by atoms with van der Waals surface area (Å²) in [5.74, 6) is 0.984. The Morgan fingerprint density at radius 2 is 2.37 bits per heavy atom. The van der Waals surface area contributed by atoms with Gasteiger partial charge in [0.05, 0.1) is 12.0 Å². The summed E-state index contributed by atoms with van der Waals surface area (Å²) in [6.07, 6.45) is 8.81. The molecule has 0 bridgehead atoms. The molecule has 0 saturated heterocycles. The molecule has 0 fully saturated rings. The zero-order chi connectivity index (χ0) is 13.5. The summed E-state index contributed by atoms with van der Waals surface area (Å²) in [6.45, 7) is 4.65. The molecule has 5 nitrogen and oxygen atoms in total. The molecule has 6 heteroatoms. The van der Waals surface area contributed by atoms with Crippen LogP contribution in [-0.4, -0.2) is 26.1 Å². The minimum atomic E-state index is 0.584. The van der Waals surface area contributed by atoms with Gasteiger partial charge in [-0.25, -0.2) is 9.97 Å². The molecule has 0 unspecified atom stereocenters. The number of nitrogens with zero attached hydrogens (tertiary/aromatic N) is 3. The fourth-order valence-corrected chi connectivity index (χ4v) is 2.08. The van der Waals surface area contributed by atoms with Crippen LogP contribution in [0.4, 0.5) is 0 Å². The molecule has 0 aromatic carbocycles. The molecule has 0 amide bonds. The number of hydrogen-bond donors (Lipinski definition) is 2. The molecule has 0 spiro atoms. The third-order valence-electron chi connectivity index (χ3n) is 2.95. The second kappa shape index (κ2) is 7.31. The van der Waals surface area contributed by atoms with Crippen LogP contribution >= 0.6 is 11.6 Å². The topological polar surface area (TPSA) is 58.5 Å². The van der Waals surface area contributed by atoms with E-state index < -0.39 is 0 Å². The number of halogens is 1. The molecule has 2 rings (SSSR count). The fourth-order valence-electron chi connectivity index (χ4n) is 1.86. The van der Waals surface area contributed by atoms with Crippen LogP contribution in [0.3, 0.4) is 0 Å². The molecular formula is C13H20ClN5. The van der Waals surface area contributed by atoms with Crippen molar-refractivity contribution in [3.8, 4) is 0 Å². The van der Waals surface area contributed by atoms with Crippen molar-refractivity contribution < 1.29 is 0 Å². The summed E-state index contributed by atoms with van der Waals surface area (Å²) in [5, 5.41) is 3.93. The Bertz CT molecular complexity index is 477. The molecular weight excluding hydrogens is 262 g/mol. The molecule has 19 heavy (non-hydrogen) atoms. The predicted molar refractivity (Wildman–Crippen MR) is 76.1 cm³/mol. The standard InChI is InChI=1S/C13H20ClN5/c1-2-3-4-12-17-11(13(14)18-12)9-15-5-7-19-8-6-16-10-19/h6,8,10,15H,2-5,7,9H2,1H3,(H,17,18). The summed E-state index contributed by atoms with van der Waals surface area (Å²) in [7, 11) is 0. The quantitative estimate of drug-likeness (QED) is 0.731. The summed E-state index contributed by atoms with van der Waals surface area (Å²) >= 11 is 6.10. The number of aryl methyl sites for hydroxylation is 1. The van der Waals surface area contributed by atoms with E-state index in [1.807, 2.05) is 17.1 Å². The molecule has 0 aliphatic rings. The number of unbranched alkanes of at least 4 members (excludes halogenated alkanes) is 1. The van der Waals surface area contributed by atoms with E-state index in [9.17, 15) is 0 Å². The zero-order valence-corrected chi connectivity index (χ0v) is 12.0. The van der Waals surface area contributed by atoms with Crippen LogP contribution in [-0.2, 0) is 19.5 Å². The van der Waals surface area contributed by atoms with E-state index in [1.165, 1.54) is 0 Å². The lowest BCUT2D eigenvalue weighted by atomic mass is 10.2. The van der Waals surface area contributed by atoms with Crippen molar-refractivity contribution >= 4 is 11.6 Å². The number of rotatable bonds is 8. The first kappa shape index (κ1) is 14.1. The van der Waals surface area contributed by atoms with Gasteiger partial charge in [-0.05, 0) is 6.42 Å². The highest BCUT2D eigenvalue weighted by molar-refractivity contribution is 6.30. The summed E-state index contributed by atoms with van der Waals surface area (Å²) in [5.41, 5.74) is 0.971. The van der Waals surface area contributed by atoms with Crippen LogP contribution in [0.2, 0.25) is 5.15 Å². The van der Waals surface area contributed by atoms with Crippen LogP contribution < -0.4 is 5.32 Å². The van der Waals surface area contributed by atoms with Crippen molar-refractivity contribution in [2.75, 3.05) is 6.54 Å². The smallest absolute Gasteiger partial charge is 0.151 e. The monoisotopic (exact) mass is 281 g/mol. The molecule has 2 aromatic heterocycles. The van der Waals surface area contributed by atoms with Gasteiger partial charge in [0.15, 0.2) is 5.15 Å². The fraction of sp³-hybridized carbons (Fsp3) is 0.538. The van der Waals surface area contributed by atoms with Crippen LogP contribution in [0.5, 0.6) is 0 Å². The Labute approximate surface area is 118 Å². The number of aromatic amines is 1. The third kappa shape index (κ3) is 4.36. The first-order valence-corrected chi connectivity index (χ1v) is 7.07. The Balaban J connectivity index is 1.74. The van der Waals surface area contributed by atoms with Gasteiger partial charge in [0, 0.05) is 38.4 Å². The molecule has 2 aromatic rings. The van der Waals surface area contributed by atoms with Gasteiger partial charge in [0.2, 0.25) is 0 Å². The van der Waals surface area contributed by atoms with Crippen molar-refractivity contribution in [3.05, 3.63) is 35.4 Å². The van der Waals surface area contributed by atoms with E-state index in [1.54, 1.807) is 6.20 Å². The Kier molecular flexibility index (Phi) is 5.42. The Morgan fingerprint density at radius 1 is 1.47 bits per heavy atom. The number of hydrogen-bond acceptors (Lipinski definition) is 3. The largest absolute Gasteiger partial charge is 0.344 e. The van der Waals surface area contributed by atoms with E-state index in [2.05, 4.69) is 27.2 Å². The molecule has 2 heterocycles. The molecule has 0 saturated carbocycles. The van der Waals surface area contributed by atoms with Gasteiger partial charge in [-0.15, -0.1) is 0 Å². The number of imidazole rings is 2. The van der Waals surface area contributed by atoms with Crippen molar-refractivity contribution in [2.24, 2.45) is 0 Å². The lowest BCUT2D eigenvalue weighted by Crippen LogP contribution is -2.19. The van der Waals surface area contributed by atoms with Crippen LogP contribution in [0.1, 0.15) is 31.3 Å². The molecule has 104 valence electrons. The van der Waals surface area contributed by atoms with Gasteiger partial charge in [-0.3, -0.25) is 0 Å². The maximum absolute atomic E-state index is 6.10. The minimum Gasteiger partial charge on any atom is -0.344 e. The van der Waals surface area contributed by atoms with E-state index >= 15 is 0 Å². The predicted octanol–water partition coefficient (Wildman–Crippen LogP) is 2.39.